The fourth-order valence-corrected chi connectivity index (χ4v) is 5.61. The molecular formula is C28H33N3O3S. The van der Waals surface area contributed by atoms with Crippen molar-refractivity contribution in [1.29, 1.82) is 0 Å². The van der Waals surface area contributed by atoms with Crippen LogP contribution in [0.2, 0.25) is 0 Å². The van der Waals surface area contributed by atoms with Crippen LogP contribution in [0.3, 0.4) is 0 Å². The molecule has 0 aliphatic heterocycles. The molecule has 0 unspecified atom stereocenters. The summed E-state index contributed by atoms with van der Waals surface area (Å²) >= 11 is 0. The highest BCUT2D eigenvalue weighted by Crippen LogP contribution is 2.28. The predicted molar refractivity (Wildman–Crippen MR) is 142 cm³/mol. The minimum absolute atomic E-state index is 0.122. The van der Waals surface area contributed by atoms with Crippen LogP contribution in [0.1, 0.15) is 43.9 Å². The number of carbonyl (C=O) groups is 1. The third-order valence-corrected chi connectivity index (χ3v) is 7.64. The molecule has 0 aliphatic rings. The van der Waals surface area contributed by atoms with E-state index in [2.05, 4.69) is 36.5 Å². The van der Waals surface area contributed by atoms with E-state index in [1.165, 1.54) is 17.7 Å². The molecule has 0 spiro atoms. The quantitative estimate of drug-likeness (QED) is 0.323. The standard InChI is InChI=1S/C28H33N3O3S/c1-21-16-17-26(22(2)18-21)31(35(33,34)25-14-10-7-11-15-25)20-27(32)30-29-23(3)19-28(4,5)24-12-8-6-9-13-24/h6-18H,19-20H2,1-5H3,(H,30,32)/b29-23-. The lowest BCUT2D eigenvalue weighted by molar-refractivity contribution is -0.119. The van der Waals surface area contributed by atoms with E-state index in [0.29, 0.717) is 12.1 Å². The van der Waals surface area contributed by atoms with Crippen LogP contribution in [0.5, 0.6) is 0 Å². The van der Waals surface area contributed by atoms with E-state index in [-0.39, 0.29) is 16.9 Å². The van der Waals surface area contributed by atoms with Crippen molar-refractivity contribution in [2.75, 3.05) is 10.8 Å². The number of rotatable bonds is 9. The molecule has 0 fully saturated rings. The number of hydrogen-bond acceptors (Lipinski definition) is 4. The van der Waals surface area contributed by atoms with Crippen molar-refractivity contribution < 1.29 is 13.2 Å². The second-order valence-electron chi connectivity index (χ2n) is 9.42. The molecule has 3 rings (SSSR count). The van der Waals surface area contributed by atoms with Crippen molar-refractivity contribution in [3.8, 4) is 0 Å². The molecule has 35 heavy (non-hydrogen) atoms. The van der Waals surface area contributed by atoms with Gasteiger partial charge < -0.3 is 0 Å². The van der Waals surface area contributed by atoms with Crippen LogP contribution in [0.25, 0.3) is 0 Å². The summed E-state index contributed by atoms with van der Waals surface area (Å²) in [7, 11) is -3.96. The molecule has 0 aromatic heterocycles. The third kappa shape index (κ3) is 6.57. The molecular weight excluding hydrogens is 458 g/mol. The molecule has 0 heterocycles. The minimum atomic E-state index is -3.96. The second kappa shape index (κ2) is 10.9. The Bertz CT molecular complexity index is 1300. The van der Waals surface area contributed by atoms with Crippen molar-refractivity contribution in [3.63, 3.8) is 0 Å². The van der Waals surface area contributed by atoms with Crippen LogP contribution < -0.4 is 9.73 Å². The number of nitrogens with zero attached hydrogens (tertiary/aromatic N) is 2. The lowest BCUT2D eigenvalue weighted by atomic mass is 9.80. The Morgan fingerprint density at radius 1 is 0.943 bits per heavy atom. The molecule has 0 atom stereocenters. The fraction of sp³-hybridized carbons (Fsp3) is 0.286. The van der Waals surface area contributed by atoms with Gasteiger partial charge in [0.1, 0.15) is 6.54 Å². The summed E-state index contributed by atoms with van der Waals surface area (Å²) in [5.41, 5.74) is 6.54. The third-order valence-electron chi connectivity index (χ3n) is 5.86. The molecule has 0 aliphatic carbocycles. The lowest BCUT2D eigenvalue weighted by Gasteiger charge is -2.26. The van der Waals surface area contributed by atoms with Crippen molar-refractivity contribution in [2.24, 2.45) is 5.10 Å². The normalized spacial score (nSPS) is 12.3. The van der Waals surface area contributed by atoms with Gasteiger partial charge in [-0.05, 0) is 61.9 Å². The number of hydrogen-bond donors (Lipinski definition) is 1. The molecule has 1 N–H and O–H groups in total. The average molecular weight is 492 g/mol. The van der Waals surface area contributed by atoms with Gasteiger partial charge in [-0.15, -0.1) is 0 Å². The highest BCUT2D eigenvalue weighted by atomic mass is 32.2. The number of nitrogens with one attached hydrogen (secondary N) is 1. The van der Waals surface area contributed by atoms with Gasteiger partial charge in [-0.3, -0.25) is 9.10 Å². The zero-order valence-electron chi connectivity index (χ0n) is 20.9. The van der Waals surface area contributed by atoms with Crippen molar-refractivity contribution >= 4 is 27.3 Å². The van der Waals surface area contributed by atoms with Gasteiger partial charge in [0.25, 0.3) is 15.9 Å². The molecule has 6 nitrogen and oxygen atoms in total. The van der Waals surface area contributed by atoms with E-state index in [0.717, 1.165) is 21.1 Å². The van der Waals surface area contributed by atoms with Gasteiger partial charge in [0.05, 0.1) is 10.6 Å². The zero-order valence-corrected chi connectivity index (χ0v) is 21.8. The summed E-state index contributed by atoms with van der Waals surface area (Å²) in [5.74, 6) is -0.513. The number of aryl methyl sites for hydroxylation is 2. The molecule has 7 heteroatoms. The van der Waals surface area contributed by atoms with E-state index in [1.807, 2.05) is 51.1 Å². The number of sulfonamides is 1. The average Bonchev–Trinajstić information content (AvgIpc) is 2.82. The van der Waals surface area contributed by atoms with Gasteiger partial charge >= 0.3 is 0 Å². The summed E-state index contributed by atoms with van der Waals surface area (Å²) in [6, 6.07) is 23.7. The SMILES string of the molecule is C/C(CC(C)(C)c1ccccc1)=N/NC(=O)CN(c1ccc(C)cc1C)S(=O)(=O)c1ccccc1. The Labute approximate surface area is 208 Å². The number of hydrazone groups is 1. The van der Waals surface area contributed by atoms with E-state index in [9.17, 15) is 13.2 Å². The maximum absolute atomic E-state index is 13.5. The highest BCUT2D eigenvalue weighted by molar-refractivity contribution is 7.92. The van der Waals surface area contributed by atoms with Gasteiger partial charge in [0.15, 0.2) is 0 Å². The number of amides is 1. The Kier molecular flexibility index (Phi) is 8.12. The summed E-state index contributed by atoms with van der Waals surface area (Å²) in [5, 5.41) is 4.27. The van der Waals surface area contributed by atoms with Crippen LogP contribution >= 0.6 is 0 Å². The van der Waals surface area contributed by atoms with E-state index >= 15 is 0 Å². The summed E-state index contributed by atoms with van der Waals surface area (Å²) in [6.45, 7) is 9.48. The molecule has 0 saturated carbocycles. The number of carbonyl (C=O) groups excluding carboxylic acids is 1. The first-order valence-corrected chi connectivity index (χ1v) is 13.0. The van der Waals surface area contributed by atoms with Gasteiger partial charge in [-0.1, -0.05) is 80.1 Å². The summed E-state index contributed by atoms with van der Waals surface area (Å²) in [6.07, 6.45) is 0.639. The topological polar surface area (TPSA) is 78.8 Å². The molecule has 1 amide bonds. The Hall–Kier alpha value is -3.45. The molecule has 3 aromatic rings. The van der Waals surface area contributed by atoms with Crippen LogP contribution in [-0.4, -0.2) is 26.6 Å². The highest BCUT2D eigenvalue weighted by Gasteiger charge is 2.28. The van der Waals surface area contributed by atoms with Crippen molar-refractivity contribution in [3.05, 3.63) is 95.6 Å². The zero-order chi connectivity index (χ0) is 25.6. The Morgan fingerprint density at radius 3 is 2.14 bits per heavy atom. The van der Waals surface area contributed by atoms with Crippen LogP contribution in [0.15, 0.2) is 88.9 Å². The number of benzene rings is 3. The van der Waals surface area contributed by atoms with Crippen molar-refractivity contribution in [1.82, 2.24) is 5.43 Å². The Morgan fingerprint density at radius 2 is 1.54 bits per heavy atom. The van der Waals surface area contributed by atoms with E-state index < -0.39 is 15.9 Å². The monoisotopic (exact) mass is 491 g/mol. The molecule has 3 aromatic carbocycles. The van der Waals surface area contributed by atoms with Crippen LogP contribution in [0.4, 0.5) is 5.69 Å². The van der Waals surface area contributed by atoms with Crippen LogP contribution in [-0.2, 0) is 20.2 Å². The fourth-order valence-electron chi connectivity index (χ4n) is 4.10. The minimum Gasteiger partial charge on any atom is -0.271 e. The van der Waals surface area contributed by atoms with Gasteiger partial charge in [0.2, 0.25) is 0 Å². The molecule has 0 radical (unpaired) electrons. The van der Waals surface area contributed by atoms with Gasteiger partial charge in [0, 0.05) is 5.71 Å². The van der Waals surface area contributed by atoms with E-state index in [4.69, 9.17) is 0 Å². The maximum atomic E-state index is 13.5. The van der Waals surface area contributed by atoms with E-state index in [1.54, 1.807) is 24.3 Å². The number of anilines is 1. The first-order chi connectivity index (χ1) is 16.5. The maximum Gasteiger partial charge on any atom is 0.264 e. The Balaban J connectivity index is 1.82. The smallest absolute Gasteiger partial charge is 0.264 e. The summed E-state index contributed by atoms with van der Waals surface area (Å²) < 4.78 is 28.1. The first-order valence-electron chi connectivity index (χ1n) is 11.5. The molecule has 184 valence electrons. The molecule has 0 saturated heterocycles. The molecule has 0 bridgehead atoms. The second-order valence-corrected chi connectivity index (χ2v) is 11.3. The largest absolute Gasteiger partial charge is 0.271 e. The van der Waals surface area contributed by atoms with Gasteiger partial charge in [-0.25, -0.2) is 13.8 Å². The van der Waals surface area contributed by atoms with Crippen LogP contribution in [0, 0.1) is 13.8 Å². The lowest BCUT2D eigenvalue weighted by Crippen LogP contribution is -2.40. The van der Waals surface area contributed by atoms with Gasteiger partial charge in [-0.2, -0.15) is 5.10 Å². The predicted octanol–water partition coefficient (Wildman–Crippen LogP) is 5.36. The van der Waals surface area contributed by atoms with Crippen molar-refractivity contribution in [2.45, 2.75) is 51.3 Å². The first kappa shape index (κ1) is 26.2. The summed E-state index contributed by atoms with van der Waals surface area (Å²) in [4.78, 5) is 13.0.